The Balaban J connectivity index is 2.19. The standard InChI is InChI=1S/C13H21NO6/c1-8(15)19-9(2)20-13(18)14-7-10-3-5-11(6-4-10)12(16)17/h9-11H,3-7H2,1-2H3,(H,14,18)(H,16,17). The number of esters is 1. The van der Waals surface area contributed by atoms with Crippen LogP contribution in [0.3, 0.4) is 0 Å². The van der Waals surface area contributed by atoms with Crippen molar-refractivity contribution in [3.8, 4) is 0 Å². The summed E-state index contributed by atoms with van der Waals surface area (Å²) in [6.07, 6.45) is 1.27. The molecule has 7 heteroatoms. The van der Waals surface area contributed by atoms with E-state index in [1.54, 1.807) is 0 Å². The summed E-state index contributed by atoms with van der Waals surface area (Å²) in [5, 5.41) is 11.5. The van der Waals surface area contributed by atoms with Crippen LogP contribution in [0.25, 0.3) is 0 Å². The Bertz CT molecular complexity index is 362. The van der Waals surface area contributed by atoms with E-state index in [0.29, 0.717) is 19.4 Å². The number of carboxylic acid groups (broad SMARTS) is 1. The van der Waals surface area contributed by atoms with Crippen molar-refractivity contribution in [2.75, 3.05) is 6.54 Å². The number of carbonyl (C=O) groups is 3. The third-order valence-electron chi connectivity index (χ3n) is 3.34. The molecule has 2 N–H and O–H groups in total. The monoisotopic (exact) mass is 287 g/mol. The number of amides is 1. The molecule has 1 amide bonds. The summed E-state index contributed by atoms with van der Waals surface area (Å²) in [6, 6.07) is 0. The van der Waals surface area contributed by atoms with E-state index in [0.717, 1.165) is 12.8 Å². The molecule has 0 saturated heterocycles. The molecule has 1 saturated carbocycles. The van der Waals surface area contributed by atoms with Gasteiger partial charge in [-0.15, -0.1) is 0 Å². The fraction of sp³-hybridized carbons (Fsp3) is 0.769. The van der Waals surface area contributed by atoms with Gasteiger partial charge in [-0.25, -0.2) is 4.79 Å². The number of carboxylic acids is 1. The zero-order valence-corrected chi connectivity index (χ0v) is 11.8. The lowest BCUT2D eigenvalue weighted by Crippen LogP contribution is -2.35. The van der Waals surface area contributed by atoms with E-state index in [2.05, 4.69) is 10.1 Å². The molecule has 0 heterocycles. The van der Waals surface area contributed by atoms with Crippen LogP contribution in [0.15, 0.2) is 0 Å². The molecule has 114 valence electrons. The molecule has 20 heavy (non-hydrogen) atoms. The van der Waals surface area contributed by atoms with Crippen molar-refractivity contribution in [2.45, 2.75) is 45.8 Å². The fourth-order valence-electron chi connectivity index (χ4n) is 2.29. The Kier molecular flexibility index (Phi) is 6.27. The summed E-state index contributed by atoms with van der Waals surface area (Å²) >= 11 is 0. The highest BCUT2D eigenvalue weighted by molar-refractivity contribution is 5.70. The van der Waals surface area contributed by atoms with Crippen LogP contribution >= 0.6 is 0 Å². The van der Waals surface area contributed by atoms with Crippen LogP contribution in [0.4, 0.5) is 4.79 Å². The van der Waals surface area contributed by atoms with E-state index >= 15 is 0 Å². The van der Waals surface area contributed by atoms with Crippen LogP contribution in [-0.4, -0.2) is 36.0 Å². The minimum atomic E-state index is -0.921. The topological polar surface area (TPSA) is 102 Å². The van der Waals surface area contributed by atoms with Crippen molar-refractivity contribution in [3.63, 3.8) is 0 Å². The molecule has 1 rings (SSSR count). The van der Waals surface area contributed by atoms with Crippen molar-refractivity contribution in [1.29, 1.82) is 0 Å². The number of alkyl carbamates (subject to hydrolysis) is 1. The lowest BCUT2D eigenvalue weighted by atomic mass is 9.82. The van der Waals surface area contributed by atoms with Gasteiger partial charge in [0, 0.05) is 20.4 Å². The van der Waals surface area contributed by atoms with Crippen LogP contribution < -0.4 is 5.32 Å². The second kappa shape index (κ2) is 7.72. The van der Waals surface area contributed by atoms with Gasteiger partial charge in [0.2, 0.25) is 6.29 Å². The Morgan fingerprint density at radius 3 is 2.30 bits per heavy atom. The zero-order valence-electron chi connectivity index (χ0n) is 11.8. The molecule has 0 aliphatic heterocycles. The molecule has 1 unspecified atom stereocenters. The summed E-state index contributed by atoms with van der Waals surface area (Å²) in [6.45, 7) is 3.13. The van der Waals surface area contributed by atoms with Crippen molar-refractivity contribution >= 4 is 18.0 Å². The minimum absolute atomic E-state index is 0.262. The lowest BCUT2D eigenvalue weighted by Gasteiger charge is -2.26. The quantitative estimate of drug-likeness (QED) is 0.587. The zero-order chi connectivity index (χ0) is 15.1. The lowest BCUT2D eigenvalue weighted by molar-refractivity contribution is -0.162. The predicted molar refractivity (Wildman–Crippen MR) is 68.8 cm³/mol. The first-order valence-electron chi connectivity index (χ1n) is 6.73. The number of ether oxygens (including phenoxy) is 2. The highest BCUT2D eigenvalue weighted by Gasteiger charge is 2.26. The molecule has 0 bridgehead atoms. The van der Waals surface area contributed by atoms with Crippen molar-refractivity contribution in [3.05, 3.63) is 0 Å². The van der Waals surface area contributed by atoms with Crippen LogP contribution in [0, 0.1) is 11.8 Å². The Morgan fingerprint density at radius 2 is 1.80 bits per heavy atom. The molecule has 1 aliphatic carbocycles. The second-order valence-corrected chi connectivity index (χ2v) is 5.02. The molecular weight excluding hydrogens is 266 g/mol. The Hall–Kier alpha value is -1.79. The van der Waals surface area contributed by atoms with Crippen molar-refractivity contribution in [1.82, 2.24) is 5.32 Å². The number of hydrogen-bond acceptors (Lipinski definition) is 5. The van der Waals surface area contributed by atoms with Crippen molar-refractivity contribution < 1.29 is 29.0 Å². The van der Waals surface area contributed by atoms with Gasteiger partial charge < -0.3 is 19.9 Å². The number of rotatable bonds is 5. The number of carbonyl (C=O) groups excluding carboxylic acids is 2. The van der Waals surface area contributed by atoms with E-state index in [-0.39, 0.29) is 11.8 Å². The van der Waals surface area contributed by atoms with E-state index < -0.39 is 24.3 Å². The third kappa shape index (κ3) is 5.90. The summed E-state index contributed by atoms with van der Waals surface area (Å²) in [4.78, 5) is 32.9. The first-order valence-corrected chi connectivity index (χ1v) is 6.73. The van der Waals surface area contributed by atoms with E-state index in [1.165, 1.54) is 13.8 Å². The molecule has 1 aliphatic rings. The first-order chi connectivity index (χ1) is 9.38. The van der Waals surface area contributed by atoms with Gasteiger partial charge in [-0.1, -0.05) is 0 Å². The number of aliphatic carboxylic acids is 1. The molecule has 0 radical (unpaired) electrons. The second-order valence-electron chi connectivity index (χ2n) is 5.02. The maximum Gasteiger partial charge on any atom is 0.410 e. The number of nitrogens with one attached hydrogen (secondary N) is 1. The predicted octanol–water partition coefficient (Wildman–Crippen LogP) is 1.51. The third-order valence-corrected chi connectivity index (χ3v) is 3.34. The largest absolute Gasteiger partial charge is 0.481 e. The van der Waals surface area contributed by atoms with Crippen LogP contribution in [-0.2, 0) is 19.1 Å². The maximum atomic E-state index is 11.4. The summed E-state index contributed by atoms with van der Waals surface area (Å²) in [5.74, 6) is -1.26. The average Bonchev–Trinajstić information content (AvgIpc) is 2.35. The summed E-state index contributed by atoms with van der Waals surface area (Å²) < 4.78 is 9.49. The smallest absolute Gasteiger partial charge is 0.410 e. The van der Waals surface area contributed by atoms with Gasteiger partial charge in [0.25, 0.3) is 0 Å². The molecule has 7 nitrogen and oxygen atoms in total. The molecule has 0 aromatic carbocycles. The molecule has 0 aromatic rings. The Labute approximate surface area is 117 Å². The van der Waals surface area contributed by atoms with Crippen LogP contribution in [0.5, 0.6) is 0 Å². The van der Waals surface area contributed by atoms with Crippen LogP contribution in [0.1, 0.15) is 39.5 Å². The van der Waals surface area contributed by atoms with Gasteiger partial charge in [-0.2, -0.15) is 0 Å². The average molecular weight is 287 g/mol. The van der Waals surface area contributed by atoms with E-state index in [4.69, 9.17) is 9.84 Å². The van der Waals surface area contributed by atoms with Crippen molar-refractivity contribution in [2.24, 2.45) is 11.8 Å². The minimum Gasteiger partial charge on any atom is -0.481 e. The first kappa shape index (κ1) is 16.3. The normalized spacial score (nSPS) is 23.5. The Morgan fingerprint density at radius 1 is 1.20 bits per heavy atom. The van der Waals surface area contributed by atoms with Gasteiger partial charge in [0.05, 0.1) is 5.92 Å². The highest BCUT2D eigenvalue weighted by atomic mass is 16.7. The van der Waals surface area contributed by atoms with Gasteiger partial charge in [0.1, 0.15) is 0 Å². The maximum absolute atomic E-state index is 11.4. The van der Waals surface area contributed by atoms with Crippen LogP contribution in [0.2, 0.25) is 0 Å². The van der Waals surface area contributed by atoms with Gasteiger partial charge in [-0.05, 0) is 31.6 Å². The molecule has 1 fully saturated rings. The SMILES string of the molecule is CC(=O)OC(C)OC(=O)NCC1CCC(C(=O)O)CC1. The summed E-state index contributed by atoms with van der Waals surface area (Å²) in [7, 11) is 0. The molecule has 1 atom stereocenters. The molecule has 0 aromatic heterocycles. The van der Waals surface area contributed by atoms with Gasteiger partial charge in [0.15, 0.2) is 0 Å². The van der Waals surface area contributed by atoms with Gasteiger partial charge in [-0.3, -0.25) is 9.59 Å². The molecular formula is C13H21NO6. The summed E-state index contributed by atoms with van der Waals surface area (Å²) in [5.41, 5.74) is 0. The highest BCUT2D eigenvalue weighted by Crippen LogP contribution is 2.28. The fourth-order valence-corrected chi connectivity index (χ4v) is 2.29. The van der Waals surface area contributed by atoms with Gasteiger partial charge >= 0.3 is 18.0 Å². The molecule has 0 spiro atoms. The van der Waals surface area contributed by atoms with E-state index in [1.807, 2.05) is 0 Å². The van der Waals surface area contributed by atoms with E-state index in [9.17, 15) is 14.4 Å². The number of hydrogen-bond donors (Lipinski definition) is 2.